The van der Waals surface area contributed by atoms with Crippen LogP contribution >= 0.6 is 11.6 Å². The van der Waals surface area contributed by atoms with Gasteiger partial charge in [-0.2, -0.15) is 5.10 Å². The average Bonchev–Trinajstić information content (AvgIpc) is 3.31. The van der Waals surface area contributed by atoms with E-state index in [4.69, 9.17) is 17.3 Å². The van der Waals surface area contributed by atoms with Gasteiger partial charge in [0.2, 0.25) is 11.8 Å². The number of carbonyl (C=O) groups excluding carboxylic acids is 3. The zero-order chi connectivity index (χ0) is 24.1. The first-order valence-electron chi connectivity index (χ1n) is 10.9. The molecule has 9 nitrogen and oxygen atoms in total. The number of hydrogen-bond acceptors (Lipinski definition) is 5. The van der Waals surface area contributed by atoms with Gasteiger partial charge in [0.25, 0.3) is 5.91 Å². The minimum absolute atomic E-state index is 0.0102. The van der Waals surface area contributed by atoms with Crippen LogP contribution in [-0.4, -0.2) is 49.5 Å². The number of hydrogen-bond donors (Lipinski definition) is 2. The summed E-state index contributed by atoms with van der Waals surface area (Å²) in [6.45, 7) is 1.59. The number of nitrogens with one attached hydrogen (secondary N) is 1. The lowest BCUT2D eigenvalue weighted by Crippen LogP contribution is -2.48. The molecular weight excluding hydrogens is 463 g/mol. The maximum Gasteiger partial charge on any atom is 0.269 e. The monoisotopic (exact) mass is 484 g/mol. The van der Waals surface area contributed by atoms with Gasteiger partial charge in [0, 0.05) is 29.2 Å². The fourth-order valence-corrected chi connectivity index (χ4v) is 4.92. The second-order valence-corrected chi connectivity index (χ2v) is 9.17. The topological polar surface area (TPSA) is 123 Å². The highest BCUT2D eigenvalue weighted by Crippen LogP contribution is 2.48. The van der Waals surface area contributed by atoms with Crippen LogP contribution in [0, 0.1) is 18.7 Å². The zero-order valence-electron chi connectivity index (χ0n) is 18.3. The minimum Gasteiger partial charge on any atom is -0.364 e. The largest absolute Gasteiger partial charge is 0.364 e. The Morgan fingerprint density at radius 2 is 2.09 bits per heavy atom. The molecule has 5 rings (SSSR count). The maximum absolute atomic E-state index is 14.2. The third kappa shape index (κ3) is 3.87. The lowest BCUT2D eigenvalue weighted by molar-refractivity contribution is -0.140. The van der Waals surface area contributed by atoms with Gasteiger partial charge in [-0.15, -0.1) is 0 Å². The number of nitrogens with zero attached hydrogens (tertiary/aromatic N) is 4. The van der Waals surface area contributed by atoms with E-state index in [0.29, 0.717) is 23.0 Å². The van der Waals surface area contributed by atoms with Crippen LogP contribution in [0.3, 0.4) is 0 Å². The van der Waals surface area contributed by atoms with Crippen molar-refractivity contribution in [3.63, 3.8) is 0 Å². The number of benzene rings is 1. The molecule has 3 N–H and O–H groups in total. The molecule has 1 aromatic carbocycles. The molecule has 0 spiro atoms. The first kappa shape index (κ1) is 22.3. The van der Waals surface area contributed by atoms with Crippen LogP contribution in [0.4, 0.5) is 4.39 Å². The predicted molar refractivity (Wildman–Crippen MR) is 121 cm³/mol. The summed E-state index contributed by atoms with van der Waals surface area (Å²) < 4.78 is 15.6. The van der Waals surface area contributed by atoms with E-state index in [2.05, 4.69) is 15.4 Å². The van der Waals surface area contributed by atoms with Crippen molar-refractivity contribution in [2.75, 3.05) is 0 Å². The number of rotatable bonds is 6. The van der Waals surface area contributed by atoms with E-state index >= 15 is 0 Å². The fraction of sp³-hybridized carbons (Fsp3) is 0.348. The molecular formula is C23H22ClFN6O3. The van der Waals surface area contributed by atoms with Gasteiger partial charge in [0.05, 0.1) is 16.7 Å². The number of aromatic nitrogens is 3. The van der Waals surface area contributed by atoms with E-state index in [-0.39, 0.29) is 53.1 Å². The molecule has 2 fully saturated rings. The number of primary amides is 1. The molecule has 3 heterocycles. The van der Waals surface area contributed by atoms with Gasteiger partial charge in [-0.1, -0.05) is 23.7 Å². The SMILES string of the molecule is Cc1cc2c(C(N)=O)nn(CC(=O)N3[C@@H]4C[C@@H]4C[C@H]3C(=O)NCc3cccc(Cl)c3F)c2cn1. The minimum atomic E-state index is -0.698. The fourth-order valence-electron chi connectivity index (χ4n) is 4.72. The Morgan fingerprint density at radius 1 is 1.29 bits per heavy atom. The van der Waals surface area contributed by atoms with E-state index in [1.165, 1.54) is 10.7 Å². The van der Waals surface area contributed by atoms with Crippen LogP contribution in [0.25, 0.3) is 10.9 Å². The van der Waals surface area contributed by atoms with Gasteiger partial charge < -0.3 is 16.0 Å². The Kier molecular flexibility index (Phi) is 5.47. The molecule has 1 saturated carbocycles. The van der Waals surface area contributed by atoms with Gasteiger partial charge in [0.15, 0.2) is 5.69 Å². The smallest absolute Gasteiger partial charge is 0.269 e. The molecule has 1 aliphatic carbocycles. The van der Waals surface area contributed by atoms with Gasteiger partial charge in [0.1, 0.15) is 18.4 Å². The summed E-state index contributed by atoms with van der Waals surface area (Å²) in [6, 6.07) is 5.62. The van der Waals surface area contributed by atoms with Crippen molar-refractivity contribution in [2.24, 2.45) is 11.7 Å². The van der Waals surface area contributed by atoms with Crippen molar-refractivity contribution in [1.82, 2.24) is 25.0 Å². The molecule has 3 aromatic rings. The molecule has 1 saturated heterocycles. The first-order valence-corrected chi connectivity index (χ1v) is 11.3. The number of aryl methyl sites for hydroxylation is 1. The summed E-state index contributed by atoms with van der Waals surface area (Å²) in [6.07, 6.45) is 2.93. The molecule has 1 aliphatic heterocycles. The van der Waals surface area contributed by atoms with E-state index in [0.717, 1.165) is 6.42 Å². The van der Waals surface area contributed by atoms with E-state index in [1.807, 2.05) is 0 Å². The lowest BCUT2D eigenvalue weighted by Gasteiger charge is -2.27. The maximum atomic E-state index is 14.2. The van der Waals surface area contributed by atoms with E-state index in [1.54, 1.807) is 36.2 Å². The average molecular weight is 485 g/mol. The Bertz CT molecular complexity index is 1340. The summed E-state index contributed by atoms with van der Waals surface area (Å²) in [5, 5.41) is 7.48. The number of amides is 3. The van der Waals surface area contributed by atoms with Gasteiger partial charge in [-0.25, -0.2) is 4.39 Å². The van der Waals surface area contributed by atoms with Gasteiger partial charge >= 0.3 is 0 Å². The van der Waals surface area contributed by atoms with E-state index < -0.39 is 17.8 Å². The quantitative estimate of drug-likeness (QED) is 0.553. The van der Waals surface area contributed by atoms with Crippen LogP contribution in [-0.2, 0) is 22.7 Å². The molecule has 2 aliphatic rings. The Labute approximate surface area is 199 Å². The Balaban J connectivity index is 1.34. The highest BCUT2D eigenvalue weighted by molar-refractivity contribution is 6.30. The molecule has 176 valence electrons. The third-order valence-corrected chi connectivity index (χ3v) is 6.76. The van der Waals surface area contributed by atoms with Crippen molar-refractivity contribution in [1.29, 1.82) is 0 Å². The summed E-state index contributed by atoms with van der Waals surface area (Å²) >= 11 is 5.81. The molecule has 34 heavy (non-hydrogen) atoms. The highest BCUT2D eigenvalue weighted by atomic mass is 35.5. The number of halogens is 2. The summed E-state index contributed by atoms with van der Waals surface area (Å²) in [7, 11) is 0. The van der Waals surface area contributed by atoms with Crippen LogP contribution in [0.5, 0.6) is 0 Å². The van der Waals surface area contributed by atoms with Crippen LogP contribution in [0.2, 0.25) is 5.02 Å². The van der Waals surface area contributed by atoms with Crippen LogP contribution in [0.1, 0.15) is 34.6 Å². The molecule has 0 bridgehead atoms. The van der Waals surface area contributed by atoms with Gasteiger partial charge in [-0.3, -0.25) is 24.0 Å². The summed E-state index contributed by atoms with van der Waals surface area (Å²) in [4.78, 5) is 43.9. The van der Waals surface area contributed by atoms with Crippen molar-refractivity contribution >= 4 is 40.2 Å². The standard InChI is InChI=1S/C23H22ClFN6O3/c1-11-5-14-18(9-27-11)30(29-21(14)22(26)33)10-19(32)31-16-6-13(16)7-17(31)23(34)28-8-12-3-2-4-15(24)20(12)25/h2-5,9,13,16-17H,6-8,10H2,1H3,(H2,26,33)(H,28,34)/t13-,16-,17+/m1/s1. The van der Waals surface area contributed by atoms with Gasteiger partial charge in [-0.05, 0) is 37.8 Å². The Hall–Kier alpha value is -3.53. The number of pyridine rings is 1. The molecule has 3 atom stereocenters. The second-order valence-electron chi connectivity index (χ2n) is 8.76. The number of likely N-dealkylation sites (tertiary alicyclic amines) is 1. The molecule has 2 aromatic heterocycles. The normalized spacial score (nSPS) is 20.9. The number of nitrogens with two attached hydrogens (primary N) is 1. The molecule has 0 unspecified atom stereocenters. The summed E-state index contributed by atoms with van der Waals surface area (Å²) in [5.41, 5.74) is 7.01. The Morgan fingerprint density at radius 3 is 2.85 bits per heavy atom. The summed E-state index contributed by atoms with van der Waals surface area (Å²) in [5.74, 6) is -1.65. The molecule has 11 heteroatoms. The number of carbonyl (C=O) groups is 3. The zero-order valence-corrected chi connectivity index (χ0v) is 19.1. The number of fused-ring (bicyclic) bond motifs is 2. The van der Waals surface area contributed by atoms with Crippen molar-refractivity contribution in [3.8, 4) is 0 Å². The first-order chi connectivity index (χ1) is 16.2. The lowest BCUT2D eigenvalue weighted by atomic mass is 10.1. The highest BCUT2D eigenvalue weighted by Gasteiger charge is 2.56. The molecule has 3 amide bonds. The van der Waals surface area contributed by atoms with Crippen molar-refractivity contribution < 1.29 is 18.8 Å². The van der Waals surface area contributed by atoms with Crippen molar-refractivity contribution in [3.05, 3.63) is 58.3 Å². The van der Waals surface area contributed by atoms with Crippen LogP contribution < -0.4 is 11.1 Å². The molecule has 0 radical (unpaired) electrons. The third-order valence-electron chi connectivity index (χ3n) is 6.47. The number of piperidine rings is 1. The van der Waals surface area contributed by atoms with Crippen molar-refractivity contribution in [2.45, 2.75) is 44.9 Å². The van der Waals surface area contributed by atoms with Crippen LogP contribution in [0.15, 0.2) is 30.5 Å². The predicted octanol–water partition coefficient (Wildman–Crippen LogP) is 1.94. The van der Waals surface area contributed by atoms with E-state index in [9.17, 15) is 18.8 Å². The second kappa shape index (κ2) is 8.35.